The van der Waals surface area contributed by atoms with E-state index < -0.39 is 0 Å². The highest BCUT2D eigenvalue weighted by Gasteiger charge is 2.27. The summed E-state index contributed by atoms with van der Waals surface area (Å²) in [5.41, 5.74) is 0. The largest absolute Gasteiger partial charge is 0.463 e. The SMILES string of the molecule is CCCCCC(CC)C(CC)C(=O)OCCOCCOCCOC(=O)C(CC)C(CC)CCCCC. The number of unbranched alkanes of at least 4 members (excludes halogenated alkanes) is 4. The summed E-state index contributed by atoms with van der Waals surface area (Å²) in [6.45, 7) is 15.0. The number of ether oxygens (including phenoxy) is 4. The van der Waals surface area contributed by atoms with Crippen molar-refractivity contribution in [3.63, 3.8) is 0 Å². The molecule has 0 spiro atoms. The Morgan fingerprint density at radius 3 is 1.17 bits per heavy atom. The molecule has 214 valence electrons. The third kappa shape index (κ3) is 15.9. The Morgan fingerprint density at radius 1 is 0.500 bits per heavy atom. The summed E-state index contributed by atoms with van der Waals surface area (Å²) in [6.07, 6.45) is 13.0. The second-order valence-electron chi connectivity index (χ2n) is 9.92. The lowest BCUT2D eigenvalue weighted by Crippen LogP contribution is -2.27. The Hall–Kier alpha value is -1.14. The number of hydrogen-bond donors (Lipinski definition) is 0. The van der Waals surface area contributed by atoms with Gasteiger partial charge in [0.2, 0.25) is 0 Å². The maximum atomic E-state index is 12.5. The van der Waals surface area contributed by atoms with Gasteiger partial charge in [0.1, 0.15) is 13.2 Å². The molecule has 0 rings (SSSR count). The summed E-state index contributed by atoms with van der Waals surface area (Å²) in [5.74, 6) is 0.577. The molecule has 0 saturated carbocycles. The number of carbonyl (C=O) groups excluding carboxylic acids is 2. The van der Waals surface area contributed by atoms with E-state index in [2.05, 4.69) is 41.5 Å². The van der Waals surface area contributed by atoms with E-state index in [1.54, 1.807) is 0 Å². The molecule has 0 aliphatic heterocycles. The molecule has 0 aromatic carbocycles. The van der Waals surface area contributed by atoms with Crippen molar-refractivity contribution in [1.29, 1.82) is 0 Å². The van der Waals surface area contributed by atoms with Gasteiger partial charge in [0, 0.05) is 0 Å². The van der Waals surface area contributed by atoms with Crippen LogP contribution in [-0.4, -0.2) is 51.6 Å². The van der Waals surface area contributed by atoms with Crippen LogP contribution in [0.3, 0.4) is 0 Å². The molecule has 6 nitrogen and oxygen atoms in total. The first-order valence-electron chi connectivity index (χ1n) is 15.0. The zero-order chi connectivity index (χ0) is 27.0. The third-order valence-electron chi connectivity index (χ3n) is 7.34. The van der Waals surface area contributed by atoms with Crippen LogP contribution in [0.1, 0.15) is 119 Å². The minimum absolute atomic E-state index is 0.0193. The van der Waals surface area contributed by atoms with Crippen LogP contribution in [0.25, 0.3) is 0 Å². The molecule has 6 heteroatoms. The molecule has 0 amide bonds. The van der Waals surface area contributed by atoms with E-state index in [-0.39, 0.29) is 37.0 Å². The van der Waals surface area contributed by atoms with E-state index in [0.29, 0.717) is 38.3 Å². The Morgan fingerprint density at radius 2 is 0.861 bits per heavy atom. The van der Waals surface area contributed by atoms with Crippen molar-refractivity contribution in [3.05, 3.63) is 0 Å². The molecule has 36 heavy (non-hydrogen) atoms. The van der Waals surface area contributed by atoms with Crippen LogP contribution in [0.2, 0.25) is 0 Å². The van der Waals surface area contributed by atoms with Crippen LogP contribution < -0.4 is 0 Å². The number of esters is 2. The summed E-state index contributed by atoms with van der Waals surface area (Å²) >= 11 is 0. The quantitative estimate of drug-likeness (QED) is 0.0935. The van der Waals surface area contributed by atoms with E-state index in [9.17, 15) is 9.59 Å². The van der Waals surface area contributed by atoms with E-state index in [0.717, 1.165) is 38.5 Å². The highest BCUT2D eigenvalue weighted by Crippen LogP contribution is 2.27. The van der Waals surface area contributed by atoms with Gasteiger partial charge in [-0.1, -0.05) is 92.9 Å². The average Bonchev–Trinajstić information content (AvgIpc) is 2.88. The lowest BCUT2D eigenvalue weighted by molar-refractivity contribution is -0.154. The summed E-state index contributed by atoms with van der Waals surface area (Å²) < 4.78 is 22.0. The highest BCUT2D eigenvalue weighted by atomic mass is 16.6. The van der Waals surface area contributed by atoms with Crippen molar-refractivity contribution < 1.29 is 28.5 Å². The van der Waals surface area contributed by atoms with E-state index in [4.69, 9.17) is 18.9 Å². The standard InChI is InChI=1S/C30H58O6/c1-7-13-15-17-25(9-3)27(11-5)29(31)35-23-21-33-19-20-34-22-24-36-30(32)28(12-6)26(10-4)18-16-14-8-2/h25-28H,7-24H2,1-6H3. The number of hydrogen-bond acceptors (Lipinski definition) is 6. The fraction of sp³-hybridized carbons (Fsp3) is 0.933. The molecule has 4 unspecified atom stereocenters. The molecule has 0 aliphatic rings. The van der Waals surface area contributed by atoms with Crippen molar-refractivity contribution >= 4 is 11.9 Å². The molecular formula is C30H58O6. The van der Waals surface area contributed by atoms with Crippen molar-refractivity contribution in [2.45, 2.75) is 119 Å². The van der Waals surface area contributed by atoms with Crippen molar-refractivity contribution in [1.82, 2.24) is 0 Å². The maximum Gasteiger partial charge on any atom is 0.309 e. The summed E-state index contributed by atoms with van der Waals surface area (Å²) in [4.78, 5) is 25.0. The van der Waals surface area contributed by atoms with Gasteiger partial charge < -0.3 is 18.9 Å². The summed E-state index contributed by atoms with van der Waals surface area (Å²) in [5, 5.41) is 0. The van der Waals surface area contributed by atoms with Crippen LogP contribution in [0.5, 0.6) is 0 Å². The average molecular weight is 515 g/mol. The molecule has 4 atom stereocenters. The van der Waals surface area contributed by atoms with Gasteiger partial charge >= 0.3 is 11.9 Å². The van der Waals surface area contributed by atoms with Crippen molar-refractivity contribution in [2.24, 2.45) is 23.7 Å². The van der Waals surface area contributed by atoms with Crippen LogP contribution in [0, 0.1) is 23.7 Å². The lowest BCUT2D eigenvalue weighted by atomic mass is 9.84. The van der Waals surface area contributed by atoms with Gasteiger partial charge in [-0.2, -0.15) is 0 Å². The first-order chi connectivity index (χ1) is 17.5. The van der Waals surface area contributed by atoms with Crippen LogP contribution in [0.15, 0.2) is 0 Å². The molecule has 0 fully saturated rings. The van der Waals surface area contributed by atoms with E-state index in [1.807, 2.05) is 0 Å². The first-order valence-corrected chi connectivity index (χ1v) is 15.0. The smallest absolute Gasteiger partial charge is 0.309 e. The normalized spacial score (nSPS) is 14.7. The fourth-order valence-electron chi connectivity index (χ4n) is 5.02. The van der Waals surface area contributed by atoms with Gasteiger partial charge in [-0.3, -0.25) is 9.59 Å². The molecule has 0 aromatic heterocycles. The molecule has 0 bridgehead atoms. The van der Waals surface area contributed by atoms with Crippen LogP contribution >= 0.6 is 0 Å². The molecular weight excluding hydrogens is 456 g/mol. The maximum absolute atomic E-state index is 12.5. The fourth-order valence-corrected chi connectivity index (χ4v) is 5.02. The van der Waals surface area contributed by atoms with Gasteiger partial charge in [0.25, 0.3) is 0 Å². The predicted molar refractivity (Wildman–Crippen MR) is 147 cm³/mol. The Bertz CT molecular complexity index is 478. The summed E-state index contributed by atoms with van der Waals surface area (Å²) in [6, 6.07) is 0. The van der Waals surface area contributed by atoms with E-state index in [1.165, 1.54) is 38.5 Å². The highest BCUT2D eigenvalue weighted by molar-refractivity contribution is 5.73. The molecule has 0 aliphatic carbocycles. The molecule has 0 aromatic rings. The van der Waals surface area contributed by atoms with Crippen LogP contribution in [-0.2, 0) is 28.5 Å². The monoisotopic (exact) mass is 514 g/mol. The molecule has 0 radical (unpaired) electrons. The van der Waals surface area contributed by atoms with Crippen molar-refractivity contribution in [2.75, 3.05) is 39.6 Å². The topological polar surface area (TPSA) is 71.1 Å². The molecule has 0 N–H and O–H groups in total. The minimum atomic E-state index is -0.0939. The zero-order valence-electron chi connectivity index (χ0n) is 24.5. The van der Waals surface area contributed by atoms with Crippen molar-refractivity contribution in [3.8, 4) is 0 Å². The Balaban J connectivity index is 3.97. The second-order valence-corrected chi connectivity index (χ2v) is 9.92. The van der Waals surface area contributed by atoms with Gasteiger partial charge in [-0.15, -0.1) is 0 Å². The first kappa shape index (κ1) is 34.9. The predicted octanol–water partition coefficient (Wildman–Crippen LogP) is 7.37. The zero-order valence-corrected chi connectivity index (χ0v) is 24.5. The Labute approximate surface area is 222 Å². The van der Waals surface area contributed by atoms with Gasteiger partial charge in [0.05, 0.1) is 38.3 Å². The lowest BCUT2D eigenvalue weighted by Gasteiger charge is -2.23. The third-order valence-corrected chi connectivity index (χ3v) is 7.34. The van der Waals surface area contributed by atoms with Gasteiger partial charge in [0.15, 0.2) is 0 Å². The Kier molecular flexibility index (Phi) is 23.4. The van der Waals surface area contributed by atoms with Gasteiger partial charge in [-0.25, -0.2) is 0 Å². The molecule has 0 heterocycles. The van der Waals surface area contributed by atoms with Gasteiger partial charge in [-0.05, 0) is 37.5 Å². The minimum Gasteiger partial charge on any atom is -0.463 e. The summed E-state index contributed by atoms with van der Waals surface area (Å²) in [7, 11) is 0. The number of rotatable bonds is 25. The number of carbonyl (C=O) groups is 2. The van der Waals surface area contributed by atoms with Crippen LogP contribution in [0.4, 0.5) is 0 Å². The van der Waals surface area contributed by atoms with E-state index >= 15 is 0 Å². The second kappa shape index (κ2) is 24.2. The molecule has 0 saturated heterocycles.